The summed E-state index contributed by atoms with van der Waals surface area (Å²) in [5, 5.41) is 1.14. The Labute approximate surface area is 118 Å². The third-order valence-corrected chi connectivity index (χ3v) is 4.90. The van der Waals surface area contributed by atoms with Crippen LogP contribution in [-0.2, 0) is 0 Å². The normalized spacial score (nSPS) is 22.8. The van der Waals surface area contributed by atoms with Crippen LogP contribution in [0.5, 0.6) is 0 Å². The monoisotopic (exact) mass is 268 g/mol. The molecule has 3 heteroatoms. The summed E-state index contributed by atoms with van der Waals surface area (Å²) in [6.07, 6.45) is 8.00. The zero-order valence-corrected chi connectivity index (χ0v) is 13.1. The van der Waals surface area contributed by atoms with Gasteiger partial charge in [-0.2, -0.15) is 0 Å². The van der Waals surface area contributed by atoms with E-state index in [1.165, 1.54) is 45.1 Å². The first-order valence-electron chi connectivity index (χ1n) is 7.65. The highest BCUT2D eigenvalue weighted by molar-refractivity contribution is 7.80. The van der Waals surface area contributed by atoms with Crippen LogP contribution in [0, 0.1) is 5.92 Å². The van der Waals surface area contributed by atoms with Gasteiger partial charge in [-0.25, -0.2) is 0 Å². The topological polar surface area (TPSA) is 6.48 Å². The van der Waals surface area contributed by atoms with E-state index < -0.39 is 0 Å². The van der Waals surface area contributed by atoms with Gasteiger partial charge in [0.15, 0.2) is 5.11 Å². The lowest BCUT2D eigenvalue weighted by atomic mass is 9.96. The van der Waals surface area contributed by atoms with E-state index in [0.29, 0.717) is 11.5 Å². The molecule has 0 N–H and O–H groups in total. The first-order chi connectivity index (χ1) is 8.59. The molecular formula is C15H28N2S. The van der Waals surface area contributed by atoms with Gasteiger partial charge in [-0.15, -0.1) is 0 Å². The maximum Gasteiger partial charge on any atom is 0.172 e. The molecule has 104 valence electrons. The van der Waals surface area contributed by atoms with Crippen molar-refractivity contribution in [3.63, 3.8) is 0 Å². The van der Waals surface area contributed by atoms with Crippen LogP contribution < -0.4 is 0 Å². The first-order valence-corrected chi connectivity index (χ1v) is 8.06. The van der Waals surface area contributed by atoms with Crippen molar-refractivity contribution in [1.29, 1.82) is 0 Å². The molecule has 1 aliphatic carbocycles. The maximum absolute atomic E-state index is 5.75. The molecule has 0 aromatic rings. The van der Waals surface area contributed by atoms with E-state index in [0.717, 1.165) is 18.2 Å². The first kappa shape index (κ1) is 14.1. The molecule has 1 spiro atoms. The van der Waals surface area contributed by atoms with E-state index in [1.54, 1.807) is 0 Å². The number of hydrogen-bond acceptors (Lipinski definition) is 1. The van der Waals surface area contributed by atoms with Gasteiger partial charge in [-0.1, -0.05) is 40.0 Å². The van der Waals surface area contributed by atoms with E-state index >= 15 is 0 Å². The Kier molecular flexibility index (Phi) is 4.52. The van der Waals surface area contributed by atoms with Crippen LogP contribution in [0.15, 0.2) is 0 Å². The Balaban J connectivity index is 2.10. The van der Waals surface area contributed by atoms with Crippen molar-refractivity contribution in [2.24, 2.45) is 5.92 Å². The zero-order chi connectivity index (χ0) is 13.2. The number of unbranched alkanes of at least 4 members (excludes halogenated alkanes) is 1. The van der Waals surface area contributed by atoms with Gasteiger partial charge < -0.3 is 9.80 Å². The summed E-state index contributed by atoms with van der Waals surface area (Å²) in [7, 11) is 0. The van der Waals surface area contributed by atoms with Crippen molar-refractivity contribution in [2.45, 2.75) is 64.8 Å². The summed E-state index contributed by atoms with van der Waals surface area (Å²) in [5.74, 6) is 0.701. The van der Waals surface area contributed by atoms with Crippen molar-refractivity contribution in [3.05, 3.63) is 0 Å². The lowest BCUT2D eigenvalue weighted by molar-refractivity contribution is 0.189. The van der Waals surface area contributed by atoms with Crippen molar-refractivity contribution < 1.29 is 0 Å². The summed E-state index contributed by atoms with van der Waals surface area (Å²) in [4.78, 5) is 5.06. The molecule has 1 heterocycles. The number of rotatable bonds is 5. The van der Waals surface area contributed by atoms with Gasteiger partial charge >= 0.3 is 0 Å². The summed E-state index contributed by atoms with van der Waals surface area (Å²) < 4.78 is 0. The smallest absolute Gasteiger partial charge is 0.172 e. The van der Waals surface area contributed by atoms with Gasteiger partial charge in [0.2, 0.25) is 0 Å². The second kappa shape index (κ2) is 5.77. The highest BCUT2D eigenvalue weighted by Crippen LogP contribution is 2.41. The van der Waals surface area contributed by atoms with Crippen molar-refractivity contribution in [3.8, 4) is 0 Å². The summed E-state index contributed by atoms with van der Waals surface area (Å²) in [6.45, 7) is 10.4. The van der Waals surface area contributed by atoms with E-state index in [9.17, 15) is 0 Å². The number of hydrogen-bond donors (Lipinski definition) is 0. The summed E-state index contributed by atoms with van der Waals surface area (Å²) >= 11 is 5.75. The van der Waals surface area contributed by atoms with Gasteiger partial charge in [0.25, 0.3) is 0 Å². The SMILES string of the molecule is CCCCN1CC2(CCCC2)N(CC(C)C)C1=S. The highest BCUT2D eigenvalue weighted by atomic mass is 32.1. The molecule has 2 fully saturated rings. The average Bonchev–Trinajstić information content (AvgIpc) is 2.88. The van der Waals surface area contributed by atoms with Gasteiger partial charge in [0.1, 0.15) is 0 Å². The van der Waals surface area contributed by atoms with E-state index in [2.05, 4.69) is 30.6 Å². The Morgan fingerprint density at radius 3 is 2.50 bits per heavy atom. The minimum absolute atomic E-state index is 0.398. The van der Waals surface area contributed by atoms with Crippen LogP contribution in [0.4, 0.5) is 0 Å². The Morgan fingerprint density at radius 2 is 1.94 bits per heavy atom. The second-order valence-corrected chi connectivity index (χ2v) is 6.86. The molecule has 1 saturated carbocycles. The molecule has 0 atom stereocenters. The third kappa shape index (κ3) is 2.66. The van der Waals surface area contributed by atoms with E-state index in [-0.39, 0.29) is 0 Å². The molecule has 0 radical (unpaired) electrons. The van der Waals surface area contributed by atoms with Crippen LogP contribution in [0.3, 0.4) is 0 Å². The van der Waals surface area contributed by atoms with Crippen molar-refractivity contribution in [1.82, 2.24) is 9.80 Å². The fraction of sp³-hybridized carbons (Fsp3) is 0.933. The fourth-order valence-corrected chi connectivity index (χ4v) is 3.93. The molecule has 18 heavy (non-hydrogen) atoms. The Morgan fingerprint density at radius 1 is 1.28 bits per heavy atom. The molecule has 1 aliphatic heterocycles. The molecule has 2 nitrogen and oxygen atoms in total. The standard InChI is InChI=1S/C15H28N2S/c1-4-5-10-16-12-15(8-6-7-9-15)17(14(16)18)11-13(2)3/h13H,4-12H2,1-3H3. The van der Waals surface area contributed by atoms with E-state index in [1.807, 2.05) is 0 Å². The second-order valence-electron chi connectivity index (χ2n) is 6.49. The van der Waals surface area contributed by atoms with Crippen LogP contribution in [0.2, 0.25) is 0 Å². The minimum Gasteiger partial charge on any atom is -0.347 e. The van der Waals surface area contributed by atoms with Gasteiger partial charge in [0, 0.05) is 19.6 Å². The Bertz CT molecular complexity index is 295. The molecule has 0 bridgehead atoms. The van der Waals surface area contributed by atoms with Crippen LogP contribution in [0.1, 0.15) is 59.3 Å². The predicted molar refractivity (Wildman–Crippen MR) is 81.8 cm³/mol. The zero-order valence-electron chi connectivity index (χ0n) is 12.2. The van der Waals surface area contributed by atoms with Crippen molar-refractivity contribution >= 4 is 17.3 Å². The summed E-state index contributed by atoms with van der Waals surface area (Å²) in [5.41, 5.74) is 0.398. The lowest BCUT2D eigenvalue weighted by Gasteiger charge is -2.35. The fourth-order valence-electron chi connectivity index (χ4n) is 3.50. The third-order valence-electron chi connectivity index (χ3n) is 4.42. The molecule has 2 rings (SSSR count). The average molecular weight is 268 g/mol. The molecular weight excluding hydrogens is 240 g/mol. The summed E-state index contributed by atoms with van der Waals surface area (Å²) in [6, 6.07) is 0. The van der Waals surface area contributed by atoms with Crippen molar-refractivity contribution in [2.75, 3.05) is 19.6 Å². The maximum atomic E-state index is 5.75. The Hall–Kier alpha value is -0.310. The van der Waals surface area contributed by atoms with Crippen LogP contribution in [0.25, 0.3) is 0 Å². The van der Waals surface area contributed by atoms with Crippen LogP contribution in [-0.4, -0.2) is 40.1 Å². The van der Waals surface area contributed by atoms with Gasteiger partial charge in [0.05, 0.1) is 5.54 Å². The molecule has 1 saturated heterocycles. The molecule has 2 aliphatic rings. The highest BCUT2D eigenvalue weighted by Gasteiger charge is 2.48. The number of nitrogens with zero attached hydrogens (tertiary/aromatic N) is 2. The molecule has 0 aromatic heterocycles. The van der Waals surface area contributed by atoms with Crippen LogP contribution >= 0.6 is 12.2 Å². The van der Waals surface area contributed by atoms with Gasteiger partial charge in [-0.3, -0.25) is 0 Å². The van der Waals surface area contributed by atoms with E-state index in [4.69, 9.17) is 12.2 Å². The largest absolute Gasteiger partial charge is 0.347 e. The number of thiocarbonyl (C=S) groups is 1. The van der Waals surface area contributed by atoms with Gasteiger partial charge in [-0.05, 0) is 37.4 Å². The lowest BCUT2D eigenvalue weighted by Crippen LogP contribution is -2.46. The predicted octanol–water partition coefficient (Wildman–Crippen LogP) is 3.66. The molecule has 0 aromatic carbocycles. The molecule has 0 unspecified atom stereocenters. The quantitative estimate of drug-likeness (QED) is 0.703. The molecule has 0 amide bonds. The minimum atomic E-state index is 0.398.